The summed E-state index contributed by atoms with van der Waals surface area (Å²) in [5.41, 5.74) is 0.472. The Morgan fingerprint density at radius 1 is 0.885 bits per heavy atom. The van der Waals surface area contributed by atoms with Crippen LogP contribution in [0.25, 0.3) is 0 Å². The summed E-state index contributed by atoms with van der Waals surface area (Å²) < 4.78 is 11.9. The summed E-state index contributed by atoms with van der Waals surface area (Å²) >= 11 is 0. The molecule has 0 saturated heterocycles. The Morgan fingerprint density at radius 3 is 1.88 bits per heavy atom. The van der Waals surface area contributed by atoms with E-state index in [1.54, 1.807) is 19.2 Å². The summed E-state index contributed by atoms with van der Waals surface area (Å²) in [7, 11) is -0.566. The summed E-state index contributed by atoms with van der Waals surface area (Å²) in [6.07, 6.45) is 0. The van der Waals surface area contributed by atoms with Crippen molar-refractivity contribution in [3.05, 3.63) is 65.7 Å². The molecular weight excluding hydrogens is 340 g/mol. The second-order valence-corrected chi connectivity index (χ2v) is 13.0. The maximum atomic E-state index is 13.5. The van der Waals surface area contributed by atoms with E-state index in [-0.39, 0.29) is 10.8 Å². The van der Waals surface area contributed by atoms with E-state index in [9.17, 15) is 4.79 Å². The zero-order chi connectivity index (χ0) is 19.6. The highest BCUT2D eigenvalue weighted by atomic mass is 28.4. The third-order valence-electron chi connectivity index (χ3n) is 5.38. The van der Waals surface area contributed by atoms with Crippen LogP contribution in [0.1, 0.15) is 43.6 Å². The molecule has 0 aromatic heterocycles. The summed E-state index contributed by atoms with van der Waals surface area (Å²) in [5.74, 6) is 0.699. The van der Waals surface area contributed by atoms with E-state index in [1.807, 2.05) is 49.4 Å². The van der Waals surface area contributed by atoms with Gasteiger partial charge in [-0.15, -0.1) is 0 Å². The number of hydrogen-bond donors (Lipinski definition) is 0. The van der Waals surface area contributed by atoms with Crippen molar-refractivity contribution >= 4 is 14.1 Å². The maximum Gasteiger partial charge on any atom is 0.197 e. The lowest BCUT2D eigenvalue weighted by Gasteiger charge is -2.43. The number of carbonyl (C=O) groups is 1. The van der Waals surface area contributed by atoms with Crippen LogP contribution >= 0.6 is 0 Å². The number of ether oxygens (including phenoxy) is 1. The smallest absolute Gasteiger partial charge is 0.197 e. The molecule has 0 bridgehead atoms. The van der Waals surface area contributed by atoms with Crippen LogP contribution in [0.4, 0.5) is 0 Å². The molecule has 0 fully saturated rings. The fourth-order valence-corrected chi connectivity index (χ4v) is 4.21. The first kappa shape index (κ1) is 20.4. The molecule has 0 unspecified atom stereocenters. The van der Waals surface area contributed by atoms with Crippen LogP contribution in [0.2, 0.25) is 18.1 Å². The molecule has 0 aliphatic carbocycles. The van der Waals surface area contributed by atoms with Gasteiger partial charge in [-0.2, -0.15) is 0 Å². The van der Waals surface area contributed by atoms with E-state index in [1.165, 1.54) is 0 Å². The van der Waals surface area contributed by atoms with Gasteiger partial charge in [-0.05, 0) is 54.9 Å². The molecule has 0 spiro atoms. The number of hydrogen-bond acceptors (Lipinski definition) is 3. The average molecular weight is 371 g/mol. The van der Waals surface area contributed by atoms with E-state index in [2.05, 4.69) is 33.9 Å². The number of Topliss-reactive ketones (excluding diaryl/α,β-unsaturated/α-hetero) is 1. The first-order chi connectivity index (χ1) is 12.0. The molecule has 4 heteroatoms. The minimum Gasteiger partial charge on any atom is -0.497 e. The minimum atomic E-state index is -2.18. The lowest BCUT2D eigenvalue weighted by molar-refractivity contribution is 0.0447. The second-order valence-electron chi connectivity index (χ2n) is 8.32. The third-order valence-corrected chi connectivity index (χ3v) is 9.91. The van der Waals surface area contributed by atoms with Gasteiger partial charge in [-0.3, -0.25) is 4.79 Å². The summed E-state index contributed by atoms with van der Waals surface area (Å²) in [6, 6.07) is 17.0. The minimum absolute atomic E-state index is 0.00320. The molecule has 0 saturated carbocycles. The Kier molecular flexibility index (Phi) is 5.78. The normalized spacial score (nSPS) is 14.6. The third kappa shape index (κ3) is 4.08. The Hall–Kier alpha value is -1.91. The molecule has 26 heavy (non-hydrogen) atoms. The van der Waals surface area contributed by atoms with Crippen LogP contribution < -0.4 is 4.74 Å². The first-order valence-corrected chi connectivity index (χ1v) is 11.9. The topological polar surface area (TPSA) is 35.5 Å². The van der Waals surface area contributed by atoms with E-state index >= 15 is 0 Å². The molecule has 0 aliphatic heterocycles. The maximum absolute atomic E-state index is 13.5. The molecule has 2 rings (SSSR count). The molecule has 0 N–H and O–H groups in total. The molecule has 0 heterocycles. The monoisotopic (exact) mass is 370 g/mol. The highest BCUT2D eigenvalue weighted by Crippen LogP contribution is 2.43. The van der Waals surface area contributed by atoms with Crippen molar-refractivity contribution in [2.75, 3.05) is 7.11 Å². The van der Waals surface area contributed by atoms with Gasteiger partial charge in [-0.25, -0.2) is 0 Å². The Labute approximate surface area is 158 Å². The molecule has 0 aliphatic rings. The van der Waals surface area contributed by atoms with Gasteiger partial charge in [0.1, 0.15) is 11.4 Å². The highest BCUT2D eigenvalue weighted by molar-refractivity contribution is 6.74. The Morgan fingerprint density at radius 2 is 1.42 bits per heavy atom. The average Bonchev–Trinajstić information content (AvgIpc) is 2.60. The number of ketones is 1. The SMILES string of the molecule is COc1ccc(C(=O)[C@](C)(O[Si](C)(C)C(C)(C)C)c2ccccc2)cc1. The number of rotatable bonds is 6. The van der Waals surface area contributed by atoms with Crippen molar-refractivity contribution in [2.45, 2.75) is 51.4 Å². The molecule has 0 radical (unpaired) electrons. The van der Waals surface area contributed by atoms with Gasteiger partial charge in [0.15, 0.2) is 14.1 Å². The lowest BCUT2D eigenvalue weighted by Crippen LogP contribution is -2.50. The largest absolute Gasteiger partial charge is 0.497 e. The molecule has 0 amide bonds. The Balaban J connectivity index is 2.51. The Bertz CT molecular complexity index is 745. The molecule has 1 atom stereocenters. The van der Waals surface area contributed by atoms with Crippen molar-refractivity contribution in [1.82, 2.24) is 0 Å². The van der Waals surface area contributed by atoms with Gasteiger partial charge in [0.05, 0.1) is 7.11 Å². The number of carbonyl (C=O) groups excluding carboxylic acids is 1. The number of benzene rings is 2. The van der Waals surface area contributed by atoms with E-state index < -0.39 is 13.9 Å². The number of methoxy groups -OCH3 is 1. The predicted octanol–water partition coefficient (Wildman–Crippen LogP) is 5.82. The van der Waals surface area contributed by atoms with Crippen molar-refractivity contribution in [3.8, 4) is 5.75 Å². The van der Waals surface area contributed by atoms with Crippen molar-refractivity contribution < 1.29 is 14.0 Å². The van der Waals surface area contributed by atoms with Crippen LogP contribution in [0.3, 0.4) is 0 Å². The van der Waals surface area contributed by atoms with Gasteiger partial charge in [0, 0.05) is 5.56 Å². The zero-order valence-corrected chi connectivity index (χ0v) is 17.9. The van der Waals surface area contributed by atoms with Crippen molar-refractivity contribution in [3.63, 3.8) is 0 Å². The van der Waals surface area contributed by atoms with E-state index in [4.69, 9.17) is 9.16 Å². The molecular formula is C22H30O3Si. The fraction of sp³-hybridized carbons (Fsp3) is 0.409. The zero-order valence-electron chi connectivity index (χ0n) is 16.9. The standard InChI is InChI=1S/C22H30O3Si/c1-21(2,3)26(6,7)25-22(4,18-11-9-8-10-12-18)20(23)17-13-15-19(24-5)16-14-17/h8-16H,1-7H3/t22-/m1/s1. The van der Waals surface area contributed by atoms with Gasteiger partial charge in [0.25, 0.3) is 0 Å². The lowest BCUT2D eigenvalue weighted by atomic mass is 9.88. The van der Waals surface area contributed by atoms with Gasteiger partial charge in [-0.1, -0.05) is 51.1 Å². The quantitative estimate of drug-likeness (QED) is 0.475. The molecule has 140 valence electrons. The van der Waals surface area contributed by atoms with Crippen molar-refractivity contribution in [2.24, 2.45) is 0 Å². The summed E-state index contributed by atoms with van der Waals surface area (Å²) in [4.78, 5) is 13.5. The second kappa shape index (κ2) is 7.37. The van der Waals surface area contributed by atoms with Crippen LogP contribution in [0.5, 0.6) is 5.75 Å². The van der Waals surface area contributed by atoms with Crippen LogP contribution in [-0.4, -0.2) is 21.2 Å². The van der Waals surface area contributed by atoms with Crippen LogP contribution in [-0.2, 0) is 10.0 Å². The predicted molar refractivity (Wildman–Crippen MR) is 109 cm³/mol. The van der Waals surface area contributed by atoms with Crippen molar-refractivity contribution in [1.29, 1.82) is 0 Å². The molecule has 2 aromatic rings. The van der Waals surface area contributed by atoms with Gasteiger partial charge >= 0.3 is 0 Å². The molecule has 2 aromatic carbocycles. The summed E-state index contributed by atoms with van der Waals surface area (Å²) in [5, 5.41) is 0.00320. The first-order valence-electron chi connectivity index (χ1n) is 8.96. The van der Waals surface area contributed by atoms with Gasteiger partial charge in [0.2, 0.25) is 0 Å². The van der Waals surface area contributed by atoms with Crippen LogP contribution in [0.15, 0.2) is 54.6 Å². The van der Waals surface area contributed by atoms with Crippen LogP contribution in [0, 0.1) is 0 Å². The highest BCUT2D eigenvalue weighted by Gasteiger charge is 2.47. The van der Waals surface area contributed by atoms with E-state index in [0.717, 1.165) is 11.3 Å². The summed E-state index contributed by atoms with van der Waals surface area (Å²) in [6.45, 7) is 12.8. The molecule has 3 nitrogen and oxygen atoms in total. The van der Waals surface area contributed by atoms with Gasteiger partial charge < -0.3 is 9.16 Å². The van der Waals surface area contributed by atoms with E-state index in [0.29, 0.717) is 5.56 Å². The fourth-order valence-electron chi connectivity index (χ4n) is 2.67.